The standard InChI is InChI=1S/C8H8.C2H7O3P/c1-2-8-6-4-3-5-7-8;1-2-5-6(3)4/h2-7H,1H2;6H,2H2,1H3,(H,3,4). The van der Waals surface area contributed by atoms with Crippen LogP contribution in [0.4, 0.5) is 0 Å². The van der Waals surface area contributed by atoms with Crippen LogP contribution in [0.5, 0.6) is 0 Å². The van der Waals surface area contributed by atoms with Gasteiger partial charge < -0.3 is 9.42 Å². The summed E-state index contributed by atoms with van der Waals surface area (Å²) >= 11 is 0. The fourth-order valence-electron chi connectivity index (χ4n) is 0.713. The average Bonchev–Trinajstić information content (AvgIpc) is 2.20. The predicted molar refractivity (Wildman–Crippen MR) is 59.4 cm³/mol. The van der Waals surface area contributed by atoms with Crippen molar-refractivity contribution in [1.29, 1.82) is 0 Å². The second-order valence-corrected chi connectivity index (χ2v) is 3.13. The molecular weight excluding hydrogens is 199 g/mol. The molecule has 1 atom stereocenters. The maximum Gasteiger partial charge on any atom is 0.316 e. The molecule has 0 bridgehead atoms. The van der Waals surface area contributed by atoms with Gasteiger partial charge in [0, 0.05) is 0 Å². The van der Waals surface area contributed by atoms with E-state index in [1.807, 2.05) is 36.4 Å². The van der Waals surface area contributed by atoms with Crippen LogP contribution in [0.15, 0.2) is 36.9 Å². The number of rotatable bonds is 3. The van der Waals surface area contributed by atoms with E-state index in [1.165, 1.54) is 5.56 Å². The number of hydrogen-bond acceptors (Lipinski definition) is 2. The van der Waals surface area contributed by atoms with Crippen molar-refractivity contribution in [3.8, 4) is 0 Å². The molecule has 1 unspecified atom stereocenters. The quantitative estimate of drug-likeness (QED) is 0.787. The Bertz CT molecular complexity index is 272. The van der Waals surface area contributed by atoms with Crippen LogP contribution < -0.4 is 0 Å². The Balaban J connectivity index is 0.000000255. The topological polar surface area (TPSA) is 46.5 Å². The molecule has 1 N–H and O–H groups in total. The molecule has 1 aromatic rings. The van der Waals surface area contributed by atoms with Crippen molar-refractivity contribution in [3.63, 3.8) is 0 Å². The SMILES string of the molecule is C=Cc1ccccc1.CCO[PH](=O)O. The summed E-state index contributed by atoms with van der Waals surface area (Å²) < 4.78 is 13.7. The number of hydrogen-bond donors (Lipinski definition) is 1. The lowest BCUT2D eigenvalue weighted by Crippen LogP contribution is -1.72. The van der Waals surface area contributed by atoms with Crippen molar-refractivity contribution in [2.45, 2.75) is 6.92 Å². The molecule has 0 spiro atoms. The Morgan fingerprint density at radius 3 is 2.29 bits per heavy atom. The van der Waals surface area contributed by atoms with E-state index in [0.717, 1.165) is 0 Å². The maximum atomic E-state index is 9.56. The van der Waals surface area contributed by atoms with Gasteiger partial charge in [0.25, 0.3) is 0 Å². The van der Waals surface area contributed by atoms with E-state index in [-0.39, 0.29) is 0 Å². The van der Waals surface area contributed by atoms with Gasteiger partial charge in [-0.15, -0.1) is 0 Å². The van der Waals surface area contributed by atoms with Crippen LogP contribution in [-0.4, -0.2) is 11.5 Å². The molecule has 3 nitrogen and oxygen atoms in total. The number of benzene rings is 1. The Morgan fingerprint density at radius 1 is 1.50 bits per heavy atom. The summed E-state index contributed by atoms with van der Waals surface area (Å²) in [6.45, 7) is 5.61. The molecule has 4 heteroatoms. The zero-order valence-corrected chi connectivity index (χ0v) is 9.14. The lowest BCUT2D eigenvalue weighted by Gasteiger charge is -1.86. The third kappa shape index (κ3) is 7.74. The lowest BCUT2D eigenvalue weighted by molar-refractivity contribution is 0.297. The van der Waals surface area contributed by atoms with Gasteiger partial charge in [-0.1, -0.05) is 43.0 Å². The van der Waals surface area contributed by atoms with Gasteiger partial charge in [0.1, 0.15) is 0 Å². The molecule has 1 aromatic carbocycles. The zero-order valence-electron chi connectivity index (χ0n) is 8.14. The molecule has 0 saturated heterocycles. The van der Waals surface area contributed by atoms with Crippen molar-refractivity contribution in [2.24, 2.45) is 0 Å². The van der Waals surface area contributed by atoms with Crippen LogP contribution in [-0.2, 0) is 9.09 Å². The molecule has 0 radical (unpaired) electrons. The van der Waals surface area contributed by atoms with E-state index in [1.54, 1.807) is 6.92 Å². The first-order valence-corrected chi connectivity index (χ1v) is 5.50. The first kappa shape index (κ1) is 13.1. The second kappa shape index (κ2) is 8.70. The van der Waals surface area contributed by atoms with Gasteiger partial charge in [-0.3, -0.25) is 4.57 Å². The molecule has 0 heterocycles. The minimum absolute atomic E-state index is 0.314. The monoisotopic (exact) mass is 214 g/mol. The van der Waals surface area contributed by atoms with E-state index in [0.29, 0.717) is 6.61 Å². The lowest BCUT2D eigenvalue weighted by atomic mass is 10.2. The van der Waals surface area contributed by atoms with E-state index in [2.05, 4.69) is 11.1 Å². The van der Waals surface area contributed by atoms with E-state index >= 15 is 0 Å². The normalized spacial score (nSPS) is 11.0. The smallest absolute Gasteiger partial charge is 0.316 e. The van der Waals surface area contributed by atoms with Crippen LogP contribution in [0.2, 0.25) is 0 Å². The summed E-state index contributed by atoms with van der Waals surface area (Å²) in [4.78, 5) is 7.88. The predicted octanol–water partition coefficient (Wildman–Crippen LogP) is 2.73. The third-order valence-electron chi connectivity index (χ3n) is 1.30. The Labute approximate surface area is 85.0 Å². The summed E-state index contributed by atoms with van der Waals surface area (Å²) in [7, 11) is -2.64. The van der Waals surface area contributed by atoms with Crippen LogP contribution in [0.1, 0.15) is 12.5 Å². The molecule has 0 aliphatic heterocycles. The molecule has 1 rings (SSSR count). The zero-order chi connectivity index (χ0) is 10.8. The highest BCUT2D eigenvalue weighted by molar-refractivity contribution is 7.32. The van der Waals surface area contributed by atoms with Crippen molar-refractivity contribution in [1.82, 2.24) is 0 Å². The fraction of sp³-hybridized carbons (Fsp3) is 0.200. The van der Waals surface area contributed by atoms with E-state index in [9.17, 15) is 4.57 Å². The Morgan fingerprint density at radius 2 is 2.07 bits per heavy atom. The maximum absolute atomic E-state index is 9.56. The van der Waals surface area contributed by atoms with Crippen molar-refractivity contribution >= 4 is 14.3 Å². The summed E-state index contributed by atoms with van der Waals surface area (Å²) in [6, 6.07) is 10.0. The van der Waals surface area contributed by atoms with Gasteiger partial charge in [0.15, 0.2) is 0 Å². The average molecular weight is 214 g/mol. The highest BCUT2D eigenvalue weighted by Crippen LogP contribution is 2.12. The van der Waals surface area contributed by atoms with E-state index < -0.39 is 8.25 Å². The molecule has 0 aliphatic rings. The summed E-state index contributed by atoms with van der Waals surface area (Å²) in [5.41, 5.74) is 1.17. The van der Waals surface area contributed by atoms with Crippen LogP contribution >= 0.6 is 8.25 Å². The summed E-state index contributed by atoms with van der Waals surface area (Å²) in [6.07, 6.45) is 1.83. The van der Waals surface area contributed by atoms with Crippen molar-refractivity contribution < 1.29 is 14.0 Å². The molecular formula is C10H15O3P. The fourth-order valence-corrected chi connectivity index (χ4v) is 0.960. The van der Waals surface area contributed by atoms with Gasteiger partial charge in [-0.05, 0) is 12.5 Å². The largest absolute Gasteiger partial charge is 0.326 e. The Kier molecular flexibility index (Phi) is 8.14. The van der Waals surface area contributed by atoms with Gasteiger partial charge in [0.2, 0.25) is 0 Å². The van der Waals surface area contributed by atoms with Crippen molar-refractivity contribution in [2.75, 3.05) is 6.61 Å². The minimum atomic E-state index is -2.64. The van der Waals surface area contributed by atoms with Gasteiger partial charge >= 0.3 is 8.25 Å². The van der Waals surface area contributed by atoms with Crippen LogP contribution in [0, 0.1) is 0 Å². The highest BCUT2D eigenvalue weighted by Gasteiger charge is 1.81. The molecule has 14 heavy (non-hydrogen) atoms. The molecule has 0 aromatic heterocycles. The second-order valence-electron chi connectivity index (χ2n) is 2.31. The highest BCUT2D eigenvalue weighted by atomic mass is 31.1. The van der Waals surface area contributed by atoms with Gasteiger partial charge in [0.05, 0.1) is 6.61 Å². The van der Waals surface area contributed by atoms with Gasteiger partial charge in [-0.2, -0.15) is 0 Å². The first-order valence-electron chi connectivity index (χ1n) is 4.24. The van der Waals surface area contributed by atoms with Crippen LogP contribution in [0.25, 0.3) is 6.08 Å². The van der Waals surface area contributed by atoms with Crippen molar-refractivity contribution in [3.05, 3.63) is 42.5 Å². The van der Waals surface area contributed by atoms with Gasteiger partial charge in [-0.25, -0.2) is 0 Å². The van der Waals surface area contributed by atoms with Crippen LogP contribution in [0.3, 0.4) is 0 Å². The molecule has 0 aliphatic carbocycles. The third-order valence-corrected chi connectivity index (χ3v) is 1.84. The molecule has 0 saturated carbocycles. The summed E-state index contributed by atoms with van der Waals surface area (Å²) in [5.74, 6) is 0. The molecule has 0 amide bonds. The molecule has 0 fully saturated rings. The first-order chi connectivity index (χ1) is 6.70. The molecule has 78 valence electrons. The summed E-state index contributed by atoms with van der Waals surface area (Å²) in [5, 5.41) is 0. The Hall–Kier alpha value is -0.890. The van der Waals surface area contributed by atoms with E-state index in [4.69, 9.17) is 4.89 Å². The minimum Gasteiger partial charge on any atom is -0.326 e.